The smallest absolute Gasteiger partial charge is 0.257 e. The van der Waals surface area contributed by atoms with E-state index in [1.54, 1.807) is 12.1 Å². The molecule has 2 aromatic rings. The third-order valence-electron chi connectivity index (χ3n) is 3.84. The molecule has 8 heteroatoms. The maximum absolute atomic E-state index is 12.6. The standard InChI is InChI=1S/C19H23ClN4O3/c1-12-7-16(17(27-4)9-15(12)20)23-19(26)14-8-13(10-21-11-14)18(25)22-5-6-24(2)3/h7-11H,5-6H2,1-4H3,(H,22,25)(H,23,26). The van der Waals surface area contributed by atoms with Gasteiger partial charge in [0.05, 0.1) is 23.9 Å². The first kappa shape index (κ1) is 20.7. The number of hydrogen-bond acceptors (Lipinski definition) is 5. The largest absolute Gasteiger partial charge is 0.495 e. The van der Waals surface area contributed by atoms with E-state index in [1.165, 1.54) is 25.6 Å². The Balaban J connectivity index is 2.14. The minimum absolute atomic E-state index is 0.268. The molecule has 0 aliphatic rings. The predicted octanol–water partition coefficient (Wildman–Crippen LogP) is 2.60. The van der Waals surface area contributed by atoms with Crippen LogP contribution in [0.3, 0.4) is 0 Å². The molecule has 2 amide bonds. The normalized spacial score (nSPS) is 10.6. The van der Waals surface area contributed by atoms with Crippen LogP contribution >= 0.6 is 11.6 Å². The number of benzene rings is 1. The van der Waals surface area contributed by atoms with Crippen molar-refractivity contribution in [2.45, 2.75) is 6.92 Å². The van der Waals surface area contributed by atoms with Gasteiger partial charge in [-0.2, -0.15) is 0 Å². The number of carbonyl (C=O) groups excluding carboxylic acids is 2. The molecule has 27 heavy (non-hydrogen) atoms. The zero-order valence-corrected chi connectivity index (χ0v) is 16.6. The maximum Gasteiger partial charge on any atom is 0.257 e. The van der Waals surface area contributed by atoms with Gasteiger partial charge in [0.1, 0.15) is 5.75 Å². The number of nitrogens with one attached hydrogen (secondary N) is 2. The molecule has 0 aliphatic carbocycles. The van der Waals surface area contributed by atoms with Crippen molar-refractivity contribution in [2.24, 2.45) is 0 Å². The lowest BCUT2D eigenvalue weighted by atomic mass is 10.1. The van der Waals surface area contributed by atoms with Crippen LogP contribution < -0.4 is 15.4 Å². The minimum Gasteiger partial charge on any atom is -0.495 e. The summed E-state index contributed by atoms with van der Waals surface area (Å²) in [5.74, 6) is -0.228. The van der Waals surface area contributed by atoms with Crippen LogP contribution in [0.1, 0.15) is 26.3 Å². The average Bonchev–Trinajstić information content (AvgIpc) is 2.64. The Hall–Kier alpha value is -2.64. The number of nitrogens with zero attached hydrogens (tertiary/aromatic N) is 2. The van der Waals surface area contributed by atoms with E-state index in [0.29, 0.717) is 28.6 Å². The number of amides is 2. The van der Waals surface area contributed by atoms with E-state index in [4.69, 9.17) is 16.3 Å². The summed E-state index contributed by atoms with van der Waals surface area (Å²) in [6.07, 6.45) is 2.83. The summed E-state index contributed by atoms with van der Waals surface area (Å²) in [6.45, 7) is 3.05. The second-order valence-corrected chi connectivity index (χ2v) is 6.68. The van der Waals surface area contributed by atoms with Gasteiger partial charge in [-0.1, -0.05) is 11.6 Å². The molecule has 1 aromatic carbocycles. The van der Waals surface area contributed by atoms with Crippen molar-refractivity contribution in [3.63, 3.8) is 0 Å². The number of carbonyl (C=O) groups is 2. The van der Waals surface area contributed by atoms with Crippen molar-refractivity contribution in [1.82, 2.24) is 15.2 Å². The summed E-state index contributed by atoms with van der Waals surface area (Å²) in [6, 6.07) is 4.87. The number of methoxy groups -OCH3 is 1. The molecule has 1 heterocycles. The number of aryl methyl sites for hydroxylation is 1. The highest BCUT2D eigenvalue weighted by molar-refractivity contribution is 6.31. The van der Waals surface area contributed by atoms with Gasteiger partial charge < -0.3 is 20.3 Å². The number of anilines is 1. The van der Waals surface area contributed by atoms with Gasteiger partial charge in [-0.3, -0.25) is 14.6 Å². The molecule has 0 aliphatic heterocycles. The summed E-state index contributed by atoms with van der Waals surface area (Å²) >= 11 is 6.08. The Kier molecular flexibility index (Phi) is 7.15. The van der Waals surface area contributed by atoms with Crippen LogP contribution in [0.5, 0.6) is 5.75 Å². The van der Waals surface area contributed by atoms with Crippen molar-refractivity contribution < 1.29 is 14.3 Å². The number of ether oxygens (including phenoxy) is 1. The van der Waals surface area contributed by atoms with Crippen molar-refractivity contribution in [3.05, 3.63) is 52.3 Å². The molecule has 0 bridgehead atoms. The van der Waals surface area contributed by atoms with E-state index in [-0.39, 0.29) is 11.5 Å². The van der Waals surface area contributed by atoms with Gasteiger partial charge in [0, 0.05) is 36.6 Å². The van der Waals surface area contributed by atoms with Crippen LogP contribution in [-0.2, 0) is 0 Å². The van der Waals surface area contributed by atoms with Crippen LogP contribution in [0.25, 0.3) is 0 Å². The molecular formula is C19H23ClN4O3. The van der Waals surface area contributed by atoms with Gasteiger partial charge in [0.25, 0.3) is 11.8 Å². The summed E-state index contributed by atoms with van der Waals surface area (Å²) in [4.78, 5) is 30.7. The fourth-order valence-corrected chi connectivity index (χ4v) is 2.46. The zero-order chi connectivity index (χ0) is 20.0. The Morgan fingerprint density at radius 1 is 1.15 bits per heavy atom. The fourth-order valence-electron chi connectivity index (χ4n) is 2.31. The third-order valence-corrected chi connectivity index (χ3v) is 4.24. The molecule has 7 nitrogen and oxygen atoms in total. The van der Waals surface area contributed by atoms with E-state index in [0.717, 1.165) is 12.1 Å². The van der Waals surface area contributed by atoms with E-state index in [2.05, 4.69) is 15.6 Å². The minimum atomic E-state index is -0.398. The Bertz CT molecular complexity index is 840. The molecule has 0 radical (unpaired) electrons. The molecule has 144 valence electrons. The highest BCUT2D eigenvalue weighted by Crippen LogP contribution is 2.31. The van der Waals surface area contributed by atoms with Crippen LogP contribution in [0.15, 0.2) is 30.6 Å². The first-order valence-electron chi connectivity index (χ1n) is 8.35. The SMILES string of the molecule is COc1cc(Cl)c(C)cc1NC(=O)c1cncc(C(=O)NCCN(C)C)c1. The zero-order valence-electron chi connectivity index (χ0n) is 15.8. The number of aromatic nitrogens is 1. The van der Waals surface area contributed by atoms with Crippen molar-refractivity contribution in [3.8, 4) is 5.75 Å². The topological polar surface area (TPSA) is 83.6 Å². The Labute approximate surface area is 163 Å². The van der Waals surface area contributed by atoms with Crippen molar-refractivity contribution in [2.75, 3.05) is 39.6 Å². The molecule has 0 spiro atoms. The molecule has 0 saturated heterocycles. The lowest BCUT2D eigenvalue weighted by Gasteiger charge is -2.13. The van der Waals surface area contributed by atoms with Gasteiger partial charge >= 0.3 is 0 Å². The van der Waals surface area contributed by atoms with Crippen LogP contribution in [0.4, 0.5) is 5.69 Å². The van der Waals surface area contributed by atoms with Gasteiger partial charge in [-0.05, 0) is 38.7 Å². The summed E-state index contributed by atoms with van der Waals surface area (Å²) in [5.41, 5.74) is 1.88. The quantitative estimate of drug-likeness (QED) is 0.759. The van der Waals surface area contributed by atoms with Gasteiger partial charge in [0.15, 0.2) is 0 Å². The third kappa shape index (κ3) is 5.67. The van der Waals surface area contributed by atoms with Gasteiger partial charge in [0.2, 0.25) is 0 Å². The molecule has 1 aromatic heterocycles. The first-order chi connectivity index (χ1) is 12.8. The monoisotopic (exact) mass is 390 g/mol. The molecule has 0 atom stereocenters. The summed E-state index contributed by atoms with van der Waals surface area (Å²) < 4.78 is 5.26. The lowest BCUT2D eigenvalue weighted by molar-refractivity contribution is 0.0950. The highest BCUT2D eigenvalue weighted by Gasteiger charge is 2.14. The first-order valence-corrected chi connectivity index (χ1v) is 8.73. The summed E-state index contributed by atoms with van der Waals surface area (Å²) in [5, 5.41) is 6.10. The Morgan fingerprint density at radius 3 is 2.44 bits per heavy atom. The number of hydrogen-bond donors (Lipinski definition) is 2. The molecular weight excluding hydrogens is 368 g/mol. The second-order valence-electron chi connectivity index (χ2n) is 6.28. The van der Waals surface area contributed by atoms with E-state index < -0.39 is 5.91 Å². The van der Waals surface area contributed by atoms with Crippen molar-refractivity contribution in [1.29, 1.82) is 0 Å². The second kappa shape index (κ2) is 9.34. The highest BCUT2D eigenvalue weighted by atomic mass is 35.5. The van der Waals surface area contributed by atoms with Gasteiger partial charge in [-0.25, -0.2) is 0 Å². The number of pyridine rings is 1. The van der Waals surface area contributed by atoms with E-state index in [1.807, 2.05) is 25.9 Å². The van der Waals surface area contributed by atoms with Crippen LogP contribution in [0, 0.1) is 6.92 Å². The van der Waals surface area contributed by atoms with Crippen LogP contribution in [-0.4, -0.2) is 56.0 Å². The van der Waals surface area contributed by atoms with Gasteiger partial charge in [-0.15, -0.1) is 0 Å². The number of halogens is 1. The lowest BCUT2D eigenvalue weighted by Crippen LogP contribution is -2.31. The molecule has 0 unspecified atom stereocenters. The average molecular weight is 391 g/mol. The van der Waals surface area contributed by atoms with Crippen molar-refractivity contribution >= 4 is 29.1 Å². The van der Waals surface area contributed by atoms with E-state index >= 15 is 0 Å². The van der Waals surface area contributed by atoms with E-state index in [9.17, 15) is 9.59 Å². The number of rotatable bonds is 7. The maximum atomic E-state index is 12.6. The number of likely N-dealkylation sites (N-methyl/N-ethyl adjacent to an activating group) is 1. The van der Waals surface area contributed by atoms with Crippen LogP contribution in [0.2, 0.25) is 5.02 Å². The molecule has 0 saturated carbocycles. The fraction of sp³-hybridized carbons (Fsp3) is 0.316. The molecule has 2 N–H and O–H groups in total. The molecule has 0 fully saturated rings. The Morgan fingerprint density at radius 2 is 1.81 bits per heavy atom. The molecule has 2 rings (SSSR count). The summed E-state index contributed by atoms with van der Waals surface area (Å²) in [7, 11) is 5.34. The predicted molar refractivity (Wildman–Crippen MR) is 106 cm³/mol.